The van der Waals surface area contributed by atoms with E-state index in [0.29, 0.717) is 24.5 Å². The minimum absolute atomic E-state index is 0.0541. The fourth-order valence-corrected chi connectivity index (χ4v) is 2.93. The Hall–Kier alpha value is -3.31. The summed E-state index contributed by atoms with van der Waals surface area (Å²) >= 11 is 0. The van der Waals surface area contributed by atoms with Crippen molar-refractivity contribution >= 4 is 29.4 Å². The monoisotopic (exact) mass is 374 g/mol. The highest BCUT2D eigenvalue weighted by Gasteiger charge is 2.15. The Morgan fingerprint density at radius 2 is 1.71 bits per heavy atom. The maximum absolute atomic E-state index is 12.4. The zero-order valence-electron chi connectivity index (χ0n) is 15.5. The quantitative estimate of drug-likeness (QED) is 0.789. The SMILES string of the molecule is O=C(/C=C/c1cccc(/C=C/C(=O)N2CC=C(c3ccccc3)CC2)n1)CO. The third-order valence-electron chi connectivity index (χ3n) is 4.45. The lowest BCUT2D eigenvalue weighted by Crippen LogP contribution is -2.33. The fraction of sp³-hybridized carbons (Fsp3) is 0.174. The Morgan fingerprint density at radius 1 is 1.00 bits per heavy atom. The molecule has 0 atom stereocenters. The van der Waals surface area contributed by atoms with E-state index in [1.165, 1.54) is 29.4 Å². The highest BCUT2D eigenvalue weighted by atomic mass is 16.3. The van der Waals surface area contributed by atoms with Gasteiger partial charge in [0.25, 0.3) is 0 Å². The number of amides is 1. The normalized spacial score (nSPS) is 14.5. The van der Waals surface area contributed by atoms with Crippen LogP contribution in [0.1, 0.15) is 23.4 Å². The van der Waals surface area contributed by atoms with E-state index >= 15 is 0 Å². The minimum Gasteiger partial charge on any atom is -0.388 e. The third-order valence-corrected chi connectivity index (χ3v) is 4.45. The van der Waals surface area contributed by atoms with Crippen LogP contribution in [0.25, 0.3) is 17.7 Å². The molecule has 1 N–H and O–H groups in total. The first kappa shape index (κ1) is 19.5. The second-order valence-corrected chi connectivity index (χ2v) is 6.41. The Labute approximate surface area is 164 Å². The van der Waals surface area contributed by atoms with Gasteiger partial charge >= 0.3 is 0 Å². The van der Waals surface area contributed by atoms with Gasteiger partial charge in [0, 0.05) is 19.2 Å². The van der Waals surface area contributed by atoms with Gasteiger partial charge < -0.3 is 10.0 Å². The van der Waals surface area contributed by atoms with Crippen LogP contribution in [-0.2, 0) is 9.59 Å². The van der Waals surface area contributed by atoms with Crippen molar-refractivity contribution in [1.82, 2.24) is 9.88 Å². The number of hydrogen-bond acceptors (Lipinski definition) is 4. The van der Waals surface area contributed by atoms with Crippen molar-refractivity contribution in [3.63, 3.8) is 0 Å². The summed E-state index contributed by atoms with van der Waals surface area (Å²) in [5.74, 6) is -0.437. The average molecular weight is 374 g/mol. The van der Waals surface area contributed by atoms with Crippen LogP contribution < -0.4 is 0 Å². The summed E-state index contributed by atoms with van der Waals surface area (Å²) in [6.45, 7) is 0.747. The van der Waals surface area contributed by atoms with Gasteiger partial charge in [0.15, 0.2) is 5.78 Å². The number of aromatic nitrogens is 1. The van der Waals surface area contributed by atoms with Crippen LogP contribution in [0.2, 0.25) is 0 Å². The summed E-state index contributed by atoms with van der Waals surface area (Å²) in [7, 11) is 0. The molecule has 1 aromatic heterocycles. The molecule has 3 rings (SSSR count). The van der Waals surface area contributed by atoms with Gasteiger partial charge in [-0.3, -0.25) is 9.59 Å². The van der Waals surface area contributed by atoms with Crippen molar-refractivity contribution in [1.29, 1.82) is 0 Å². The number of carbonyl (C=O) groups excluding carboxylic acids is 2. The average Bonchev–Trinajstić information content (AvgIpc) is 2.76. The first-order valence-corrected chi connectivity index (χ1v) is 9.16. The zero-order valence-corrected chi connectivity index (χ0v) is 15.5. The molecule has 142 valence electrons. The lowest BCUT2D eigenvalue weighted by Gasteiger charge is -2.25. The number of ketones is 1. The van der Waals surface area contributed by atoms with Gasteiger partial charge in [-0.1, -0.05) is 42.5 Å². The molecule has 0 spiro atoms. The summed E-state index contributed by atoms with van der Waals surface area (Å²) in [5.41, 5.74) is 3.69. The second kappa shape index (κ2) is 9.58. The van der Waals surface area contributed by atoms with E-state index in [1.807, 2.05) is 18.2 Å². The molecule has 2 heterocycles. The summed E-state index contributed by atoms with van der Waals surface area (Å²) < 4.78 is 0. The lowest BCUT2D eigenvalue weighted by atomic mass is 9.99. The Balaban J connectivity index is 1.61. The maximum atomic E-state index is 12.4. The minimum atomic E-state index is -0.527. The van der Waals surface area contributed by atoms with Gasteiger partial charge in [0.05, 0.1) is 11.4 Å². The van der Waals surface area contributed by atoms with Gasteiger partial charge in [-0.05, 0) is 47.9 Å². The van der Waals surface area contributed by atoms with Crippen molar-refractivity contribution in [2.75, 3.05) is 19.7 Å². The Kier molecular flexibility index (Phi) is 6.65. The molecule has 5 heteroatoms. The first-order chi connectivity index (χ1) is 13.7. The van der Waals surface area contributed by atoms with Crippen molar-refractivity contribution in [3.05, 3.63) is 83.7 Å². The summed E-state index contributed by atoms with van der Waals surface area (Å²) in [4.78, 5) is 29.7. The number of hydrogen-bond donors (Lipinski definition) is 1. The highest BCUT2D eigenvalue weighted by Crippen LogP contribution is 2.22. The molecular formula is C23H22N2O3. The predicted molar refractivity (Wildman–Crippen MR) is 110 cm³/mol. The molecule has 0 radical (unpaired) electrons. The highest BCUT2D eigenvalue weighted by molar-refractivity contribution is 5.94. The van der Waals surface area contributed by atoms with Crippen molar-refractivity contribution in [2.45, 2.75) is 6.42 Å². The van der Waals surface area contributed by atoms with E-state index in [2.05, 4.69) is 23.2 Å². The number of aliphatic hydroxyl groups is 1. The van der Waals surface area contributed by atoms with E-state index in [-0.39, 0.29) is 11.7 Å². The largest absolute Gasteiger partial charge is 0.388 e. The van der Waals surface area contributed by atoms with Crippen LogP contribution in [-0.4, -0.2) is 46.4 Å². The van der Waals surface area contributed by atoms with E-state index in [9.17, 15) is 9.59 Å². The molecule has 1 aliphatic heterocycles. The number of pyridine rings is 1. The second-order valence-electron chi connectivity index (χ2n) is 6.41. The van der Waals surface area contributed by atoms with E-state index in [1.54, 1.807) is 29.2 Å². The van der Waals surface area contributed by atoms with Crippen LogP contribution >= 0.6 is 0 Å². The lowest BCUT2D eigenvalue weighted by molar-refractivity contribution is -0.125. The van der Waals surface area contributed by atoms with Gasteiger partial charge in [-0.15, -0.1) is 0 Å². The third kappa shape index (κ3) is 5.34. The van der Waals surface area contributed by atoms with Crippen molar-refractivity contribution in [2.24, 2.45) is 0 Å². The smallest absolute Gasteiger partial charge is 0.246 e. The molecule has 1 amide bonds. The molecule has 1 aliphatic rings. The van der Waals surface area contributed by atoms with Crippen LogP contribution in [0.4, 0.5) is 0 Å². The number of aliphatic hydroxyl groups excluding tert-OH is 1. The summed E-state index contributed by atoms with van der Waals surface area (Å²) in [6.07, 6.45) is 8.96. The summed E-state index contributed by atoms with van der Waals surface area (Å²) in [5, 5.41) is 8.74. The molecule has 0 fully saturated rings. The van der Waals surface area contributed by atoms with E-state index in [0.717, 1.165) is 6.42 Å². The summed E-state index contributed by atoms with van der Waals surface area (Å²) in [6, 6.07) is 15.6. The number of carbonyl (C=O) groups is 2. The first-order valence-electron chi connectivity index (χ1n) is 9.16. The Morgan fingerprint density at radius 3 is 2.36 bits per heavy atom. The maximum Gasteiger partial charge on any atom is 0.246 e. The van der Waals surface area contributed by atoms with Gasteiger partial charge in [-0.2, -0.15) is 0 Å². The molecule has 0 aliphatic carbocycles. The predicted octanol–water partition coefficient (Wildman–Crippen LogP) is 2.99. The van der Waals surface area contributed by atoms with Crippen molar-refractivity contribution < 1.29 is 14.7 Å². The molecule has 5 nitrogen and oxygen atoms in total. The van der Waals surface area contributed by atoms with Crippen LogP contribution in [0, 0.1) is 0 Å². The standard InChI is InChI=1S/C23H22N2O3/c26-17-22(27)11-9-20-7-4-8-21(24-20)10-12-23(28)25-15-13-19(14-16-25)18-5-2-1-3-6-18/h1-13,26H,14-17H2/b11-9+,12-10+. The molecule has 0 saturated carbocycles. The molecular weight excluding hydrogens is 352 g/mol. The van der Waals surface area contributed by atoms with Gasteiger partial charge in [0.1, 0.15) is 6.61 Å². The molecule has 0 bridgehead atoms. The van der Waals surface area contributed by atoms with Crippen LogP contribution in [0.15, 0.2) is 66.8 Å². The number of rotatable bonds is 6. The number of nitrogens with zero attached hydrogens (tertiary/aromatic N) is 2. The molecule has 0 saturated heterocycles. The molecule has 2 aromatic rings. The zero-order chi connectivity index (χ0) is 19.8. The van der Waals surface area contributed by atoms with Crippen LogP contribution in [0.3, 0.4) is 0 Å². The van der Waals surface area contributed by atoms with Gasteiger partial charge in [0.2, 0.25) is 5.91 Å². The van der Waals surface area contributed by atoms with Crippen molar-refractivity contribution in [3.8, 4) is 0 Å². The molecule has 0 unspecified atom stereocenters. The topological polar surface area (TPSA) is 70.5 Å². The Bertz CT molecular complexity index is 930. The molecule has 28 heavy (non-hydrogen) atoms. The van der Waals surface area contributed by atoms with Gasteiger partial charge in [-0.25, -0.2) is 4.98 Å². The molecule has 1 aromatic carbocycles. The van der Waals surface area contributed by atoms with E-state index < -0.39 is 6.61 Å². The fourth-order valence-electron chi connectivity index (χ4n) is 2.93. The number of benzene rings is 1. The van der Waals surface area contributed by atoms with Crippen LogP contribution in [0.5, 0.6) is 0 Å². The van der Waals surface area contributed by atoms with E-state index in [4.69, 9.17) is 5.11 Å².